The number of nitro groups is 1. The van der Waals surface area contributed by atoms with E-state index in [0.717, 1.165) is 16.9 Å². The molecule has 0 spiro atoms. The second-order valence-electron chi connectivity index (χ2n) is 5.15. The van der Waals surface area contributed by atoms with Gasteiger partial charge in [-0.1, -0.05) is 41.7 Å². The summed E-state index contributed by atoms with van der Waals surface area (Å²) in [6.07, 6.45) is 0. The Morgan fingerprint density at radius 1 is 1.04 bits per heavy atom. The molecule has 1 amide bonds. The summed E-state index contributed by atoms with van der Waals surface area (Å²) >= 11 is 0.841. The zero-order valence-electron chi connectivity index (χ0n) is 13.0. The summed E-state index contributed by atoms with van der Waals surface area (Å²) in [4.78, 5) is 22.5. The summed E-state index contributed by atoms with van der Waals surface area (Å²) in [6.45, 7) is 0.464. The topological polar surface area (TPSA) is 81.5 Å². The van der Waals surface area contributed by atoms with E-state index in [9.17, 15) is 14.9 Å². The van der Waals surface area contributed by atoms with Crippen molar-refractivity contribution in [3.8, 4) is 5.75 Å². The van der Waals surface area contributed by atoms with Gasteiger partial charge in [0.1, 0.15) is 12.4 Å². The zero-order valence-corrected chi connectivity index (χ0v) is 13.9. The van der Waals surface area contributed by atoms with Crippen molar-refractivity contribution >= 4 is 27.9 Å². The molecule has 3 rings (SSSR count). The van der Waals surface area contributed by atoms with Crippen molar-refractivity contribution in [1.82, 2.24) is 0 Å². The predicted molar refractivity (Wildman–Crippen MR) is 96.1 cm³/mol. The predicted octanol–water partition coefficient (Wildman–Crippen LogP) is 4.49. The second kappa shape index (κ2) is 7.59. The fourth-order valence-electron chi connectivity index (χ4n) is 2.12. The largest absolute Gasteiger partial charge is 0.489 e. The van der Waals surface area contributed by atoms with Gasteiger partial charge in [0.2, 0.25) is 0 Å². The number of nitrogens with one attached hydrogen (secondary N) is 1. The van der Waals surface area contributed by atoms with E-state index < -0.39 is 4.92 Å². The van der Waals surface area contributed by atoms with E-state index in [0.29, 0.717) is 18.0 Å². The van der Waals surface area contributed by atoms with E-state index >= 15 is 0 Å². The quantitative estimate of drug-likeness (QED) is 0.522. The number of hydrogen-bond donors (Lipinski definition) is 1. The molecule has 0 bridgehead atoms. The zero-order chi connectivity index (χ0) is 17.6. The fourth-order valence-corrected chi connectivity index (χ4v) is 2.83. The molecular weight excluding hydrogens is 340 g/mol. The number of carbonyl (C=O) groups is 1. The minimum absolute atomic E-state index is 0.0604. The van der Waals surface area contributed by atoms with Crippen LogP contribution in [0.2, 0.25) is 0 Å². The molecule has 0 atom stereocenters. The van der Waals surface area contributed by atoms with Crippen LogP contribution in [0, 0.1) is 10.1 Å². The van der Waals surface area contributed by atoms with Crippen LogP contribution in [0.4, 0.5) is 10.7 Å². The van der Waals surface area contributed by atoms with Gasteiger partial charge in [-0.05, 0) is 35.9 Å². The van der Waals surface area contributed by atoms with E-state index in [-0.39, 0.29) is 15.8 Å². The number of rotatable bonds is 6. The third-order valence-electron chi connectivity index (χ3n) is 3.36. The Balaban J connectivity index is 1.58. The van der Waals surface area contributed by atoms with Crippen molar-refractivity contribution in [3.05, 3.63) is 87.3 Å². The molecule has 0 aliphatic heterocycles. The molecule has 0 saturated carbocycles. The van der Waals surface area contributed by atoms with Crippen molar-refractivity contribution in [2.24, 2.45) is 0 Å². The number of thiophene rings is 1. The van der Waals surface area contributed by atoms with E-state index in [2.05, 4.69) is 5.32 Å². The molecular formula is C18H14N2O4S. The van der Waals surface area contributed by atoms with Crippen molar-refractivity contribution in [1.29, 1.82) is 0 Å². The van der Waals surface area contributed by atoms with Gasteiger partial charge in [0.05, 0.1) is 9.80 Å². The highest BCUT2D eigenvalue weighted by Crippen LogP contribution is 2.25. The Labute approximate surface area is 147 Å². The van der Waals surface area contributed by atoms with E-state index in [4.69, 9.17) is 4.74 Å². The smallest absolute Gasteiger partial charge is 0.324 e. The first-order chi connectivity index (χ1) is 12.1. The molecule has 0 unspecified atom stereocenters. The molecule has 126 valence electrons. The second-order valence-corrected chi connectivity index (χ2v) is 6.21. The highest BCUT2D eigenvalue weighted by Gasteiger charge is 2.15. The molecule has 1 N–H and O–H groups in total. The van der Waals surface area contributed by atoms with Crippen LogP contribution < -0.4 is 10.1 Å². The van der Waals surface area contributed by atoms with Crippen LogP contribution in [0.5, 0.6) is 5.75 Å². The number of benzene rings is 2. The average Bonchev–Trinajstić information content (AvgIpc) is 3.13. The van der Waals surface area contributed by atoms with Gasteiger partial charge >= 0.3 is 5.00 Å². The number of nitrogens with zero attached hydrogens (tertiary/aromatic N) is 1. The van der Waals surface area contributed by atoms with Gasteiger partial charge in [-0.25, -0.2) is 0 Å². The van der Waals surface area contributed by atoms with Gasteiger partial charge in [0.15, 0.2) is 0 Å². The average molecular weight is 354 g/mol. The molecule has 0 fully saturated rings. The van der Waals surface area contributed by atoms with Gasteiger partial charge in [0.25, 0.3) is 5.91 Å². The minimum Gasteiger partial charge on any atom is -0.489 e. The lowest BCUT2D eigenvalue weighted by atomic mass is 10.2. The SMILES string of the molecule is O=C(Nc1ccc(OCc2ccccc2)cc1)c1ccc([N+](=O)[O-])s1. The van der Waals surface area contributed by atoms with Crippen molar-refractivity contribution in [3.63, 3.8) is 0 Å². The minimum atomic E-state index is -0.514. The molecule has 0 aliphatic carbocycles. The van der Waals surface area contributed by atoms with E-state index in [1.165, 1.54) is 12.1 Å². The summed E-state index contributed by atoms with van der Waals surface area (Å²) < 4.78 is 5.68. The lowest BCUT2D eigenvalue weighted by Crippen LogP contribution is -2.09. The van der Waals surface area contributed by atoms with Gasteiger partial charge in [-0.3, -0.25) is 14.9 Å². The molecule has 0 saturated heterocycles. The summed E-state index contributed by atoms with van der Waals surface area (Å²) in [5.41, 5.74) is 1.66. The lowest BCUT2D eigenvalue weighted by Gasteiger charge is -2.08. The molecule has 6 nitrogen and oxygen atoms in total. The maximum atomic E-state index is 12.1. The summed E-state index contributed by atoms with van der Waals surface area (Å²) in [6, 6.07) is 19.5. The van der Waals surface area contributed by atoms with Crippen LogP contribution in [-0.2, 0) is 6.61 Å². The number of ether oxygens (including phenoxy) is 1. The highest BCUT2D eigenvalue weighted by molar-refractivity contribution is 7.17. The summed E-state index contributed by atoms with van der Waals surface area (Å²) in [5, 5.41) is 13.3. The van der Waals surface area contributed by atoms with Crippen molar-refractivity contribution < 1.29 is 14.5 Å². The molecule has 0 radical (unpaired) electrons. The number of anilines is 1. The van der Waals surface area contributed by atoms with Gasteiger partial charge in [-0.2, -0.15) is 0 Å². The fraction of sp³-hybridized carbons (Fsp3) is 0.0556. The van der Waals surface area contributed by atoms with Crippen LogP contribution in [0.3, 0.4) is 0 Å². The summed E-state index contributed by atoms with van der Waals surface area (Å²) in [5.74, 6) is 0.310. The van der Waals surface area contributed by atoms with Crippen LogP contribution in [0.1, 0.15) is 15.2 Å². The third kappa shape index (κ3) is 4.42. The van der Waals surface area contributed by atoms with Gasteiger partial charge in [-0.15, -0.1) is 0 Å². The Hall–Kier alpha value is -3.19. The first-order valence-electron chi connectivity index (χ1n) is 7.44. The normalized spacial score (nSPS) is 10.2. The molecule has 1 aromatic heterocycles. The first kappa shape index (κ1) is 16.7. The van der Waals surface area contributed by atoms with Gasteiger partial charge < -0.3 is 10.1 Å². The van der Waals surface area contributed by atoms with Crippen LogP contribution in [0.15, 0.2) is 66.7 Å². The number of amides is 1. The van der Waals surface area contributed by atoms with E-state index in [1.807, 2.05) is 30.3 Å². The molecule has 2 aromatic carbocycles. The van der Waals surface area contributed by atoms with Crippen LogP contribution in [0.25, 0.3) is 0 Å². The van der Waals surface area contributed by atoms with Crippen molar-refractivity contribution in [2.45, 2.75) is 6.61 Å². The van der Waals surface area contributed by atoms with E-state index in [1.54, 1.807) is 24.3 Å². The third-order valence-corrected chi connectivity index (χ3v) is 4.39. The molecule has 1 heterocycles. The van der Waals surface area contributed by atoms with Crippen molar-refractivity contribution in [2.75, 3.05) is 5.32 Å². The Morgan fingerprint density at radius 3 is 2.40 bits per heavy atom. The van der Waals surface area contributed by atoms with Crippen LogP contribution in [-0.4, -0.2) is 10.8 Å². The monoisotopic (exact) mass is 354 g/mol. The Morgan fingerprint density at radius 2 is 1.76 bits per heavy atom. The molecule has 3 aromatic rings. The lowest BCUT2D eigenvalue weighted by molar-refractivity contribution is -0.380. The number of hydrogen-bond acceptors (Lipinski definition) is 5. The Kier molecular flexibility index (Phi) is 5.06. The maximum absolute atomic E-state index is 12.1. The first-order valence-corrected chi connectivity index (χ1v) is 8.26. The highest BCUT2D eigenvalue weighted by atomic mass is 32.1. The van der Waals surface area contributed by atoms with Crippen LogP contribution >= 0.6 is 11.3 Å². The molecule has 0 aliphatic rings. The molecule has 7 heteroatoms. The Bertz CT molecular complexity index is 876. The van der Waals surface area contributed by atoms with Gasteiger partial charge in [0, 0.05) is 11.8 Å². The maximum Gasteiger partial charge on any atom is 0.324 e. The summed E-state index contributed by atoms with van der Waals surface area (Å²) in [7, 11) is 0. The molecule has 25 heavy (non-hydrogen) atoms. The standard InChI is InChI=1S/C18H14N2O4S/c21-18(16-10-11-17(25-16)20(22)23)19-14-6-8-15(9-7-14)24-12-13-4-2-1-3-5-13/h1-11H,12H2,(H,19,21). The number of carbonyl (C=O) groups excluding carboxylic acids is 1.